The van der Waals surface area contributed by atoms with Crippen LogP contribution >= 0.6 is 23.4 Å². The molecule has 1 aliphatic rings. The van der Waals surface area contributed by atoms with Crippen LogP contribution in [0, 0.1) is 5.82 Å². The summed E-state index contributed by atoms with van der Waals surface area (Å²) in [5, 5.41) is 3.09. The van der Waals surface area contributed by atoms with Gasteiger partial charge < -0.3 is 14.8 Å². The summed E-state index contributed by atoms with van der Waals surface area (Å²) in [6, 6.07) is 14.3. The molecule has 31 heavy (non-hydrogen) atoms. The topological polar surface area (TPSA) is 85.7 Å². The average molecular weight is 457 g/mol. The number of hydrogen-bond donors (Lipinski definition) is 1. The highest BCUT2D eigenvalue weighted by molar-refractivity contribution is 8.18. The first-order valence-corrected chi connectivity index (χ1v) is 10.1. The number of rotatable bonds is 5. The van der Waals surface area contributed by atoms with Gasteiger partial charge in [-0.3, -0.25) is 4.79 Å². The number of thioether (sulfide) groups is 1. The molecule has 1 aliphatic heterocycles. The number of carbonyl (C=O) groups is 1. The smallest absolute Gasteiger partial charge is 0.264 e. The molecule has 0 radical (unpaired) electrons. The summed E-state index contributed by atoms with van der Waals surface area (Å²) in [4.78, 5) is 24.5. The lowest BCUT2D eigenvalue weighted by Gasteiger charge is -2.11. The lowest BCUT2D eigenvalue weighted by molar-refractivity contribution is -0.115. The van der Waals surface area contributed by atoms with Crippen molar-refractivity contribution in [3.63, 3.8) is 0 Å². The molecule has 1 aromatic heterocycles. The lowest BCUT2D eigenvalue weighted by atomic mass is 10.2. The largest absolute Gasteiger partial charge is 0.493 e. The Bertz CT molecular complexity index is 1200. The summed E-state index contributed by atoms with van der Waals surface area (Å²) in [5.41, 5.74) is 1.43. The van der Waals surface area contributed by atoms with E-state index in [2.05, 4.69) is 20.3 Å². The van der Waals surface area contributed by atoms with Gasteiger partial charge in [-0.15, -0.1) is 0 Å². The summed E-state index contributed by atoms with van der Waals surface area (Å²) < 4.78 is 24.7. The first-order chi connectivity index (χ1) is 15.0. The second kappa shape index (κ2) is 9.15. The van der Waals surface area contributed by atoms with Crippen molar-refractivity contribution in [2.24, 2.45) is 4.99 Å². The van der Waals surface area contributed by atoms with Gasteiger partial charge in [-0.25, -0.2) is 9.98 Å². The quantitative estimate of drug-likeness (QED) is 0.431. The van der Waals surface area contributed by atoms with Crippen molar-refractivity contribution in [2.75, 3.05) is 7.11 Å². The molecule has 0 spiro atoms. The molecule has 1 saturated heterocycles. The maximum Gasteiger partial charge on any atom is 0.264 e. The molecule has 1 fully saturated rings. The zero-order chi connectivity index (χ0) is 21.8. The Hall–Kier alpha value is -3.43. The van der Waals surface area contributed by atoms with Gasteiger partial charge in [0.25, 0.3) is 11.8 Å². The zero-order valence-electron chi connectivity index (χ0n) is 16.0. The first-order valence-electron chi connectivity index (χ1n) is 8.90. The number of aliphatic imine (C=N–C) groups is 1. The summed E-state index contributed by atoms with van der Waals surface area (Å²) in [7, 11) is 1.45. The van der Waals surface area contributed by atoms with E-state index in [1.807, 2.05) is 30.3 Å². The van der Waals surface area contributed by atoms with E-state index < -0.39 is 5.82 Å². The first kappa shape index (κ1) is 20.8. The van der Waals surface area contributed by atoms with Crippen LogP contribution in [0.15, 0.2) is 64.6 Å². The van der Waals surface area contributed by atoms with Crippen LogP contribution in [0.2, 0.25) is 5.28 Å². The van der Waals surface area contributed by atoms with Crippen molar-refractivity contribution in [3.8, 4) is 17.4 Å². The number of nitrogens with one attached hydrogen (secondary N) is 1. The van der Waals surface area contributed by atoms with Gasteiger partial charge >= 0.3 is 0 Å². The van der Waals surface area contributed by atoms with Gasteiger partial charge in [0.15, 0.2) is 16.7 Å². The third-order valence-corrected chi connectivity index (χ3v) is 5.10. The monoisotopic (exact) mass is 456 g/mol. The molecule has 2 heterocycles. The van der Waals surface area contributed by atoms with E-state index >= 15 is 0 Å². The van der Waals surface area contributed by atoms with Crippen molar-refractivity contribution in [1.29, 1.82) is 0 Å². The highest BCUT2D eigenvalue weighted by atomic mass is 35.5. The van der Waals surface area contributed by atoms with Gasteiger partial charge in [0.1, 0.15) is 0 Å². The summed E-state index contributed by atoms with van der Waals surface area (Å²) >= 11 is 6.93. The van der Waals surface area contributed by atoms with Crippen LogP contribution in [0.1, 0.15) is 5.56 Å². The number of carbonyl (C=O) groups excluding carboxylic acids is 1. The second-order valence-electron chi connectivity index (χ2n) is 6.12. The number of ether oxygens (including phenoxy) is 2. The van der Waals surface area contributed by atoms with E-state index in [0.29, 0.717) is 21.4 Å². The zero-order valence-corrected chi connectivity index (χ0v) is 17.6. The number of halogens is 2. The van der Waals surface area contributed by atoms with Crippen molar-refractivity contribution in [3.05, 3.63) is 76.3 Å². The summed E-state index contributed by atoms with van der Waals surface area (Å²) in [6.07, 6.45) is 2.61. The Kier molecular flexibility index (Phi) is 6.15. The van der Waals surface area contributed by atoms with Gasteiger partial charge in [0, 0.05) is 0 Å². The van der Waals surface area contributed by atoms with E-state index in [1.165, 1.54) is 18.9 Å². The Morgan fingerprint density at radius 2 is 2.00 bits per heavy atom. The normalized spacial score (nSPS) is 15.9. The van der Waals surface area contributed by atoms with Crippen molar-refractivity contribution in [1.82, 2.24) is 15.3 Å². The van der Waals surface area contributed by atoms with Gasteiger partial charge in [-0.05, 0) is 59.3 Å². The molecule has 0 unspecified atom stereocenters. The Balaban J connectivity index is 1.56. The SMILES string of the molecule is COc1cc(/C=C2/SC(=Nc3ccccc3)NC2=O)ccc1Oc1nc(Cl)ncc1F. The van der Waals surface area contributed by atoms with Crippen LogP contribution in [-0.4, -0.2) is 28.2 Å². The molecular weight excluding hydrogens is 443 g/mol. The van der Waals surface area contributed by atoms with E-state index in [1.54, 1.807) is 24.3 Å². The number of amidine groups is 1. The second-order valence-corrected chi connectivity index (χ2v) is 7.49. The van der Waals surface area contributed by atoms with Gasteiger partial charge in [-0.2, -0.15) is 9.37 Å². The number of benzene rings is 2. The molecule has 156 valence electrons. The highest BCUT2D eigenvalue weighted by Crippen LogP contribution is 2.35. The van der Waals surface area contributed by atoms with Crippen LogP contribution in [-0.2, 0) is 4.79 Å². The maximum atomic E-state index is 13.9. The molecule has 0 saturated carbocycles. The fraction of sp³-hybridized carbons (Fsp3) is 0.0476. The third kappa shape index (κ3) is 5.01. The Morgan fingerprint density at radius 3 is 2.77 bits per heavy atom. The molecular formula is C21H14ClFN4O3S. The maximum absolute atomic E-state index is 13.9. The molecule has 0 aliphatic carbocycles. The Morgan fingerprint density at radius 1 is 1.19 bits per heavy atom. The van der Waals surface area contributed by atoms with Crippen LogP contribution in [0.25, 0.3) is 6.08 Å². The standard InChI is InChI=1S/C21H14ClFN4O3S/c1-29-16-9-12(7-8-15(16)30-19-14(23)11-24-20(22)27-19)10-17-18(28)26-21(31-17)25-13-5-3-2-4-6-13/h2-11H,1H3,(H,25,26,28)/b17-10+. The van der Waals surface area contributed by atoms with Crippen LogP contribution < -0.4 is 14.8 Å². The molecule has 10 heteroatoms. The van der Waals surface area contributed by atoms with E-state index in [9.17, 15) is 9.18 Å². The number of hydrogen-bond acceptors (Lipinski definition) is 7. The van der Waals surface area contributed by atoms with Crippen LogP contribution in [0.3, 0.4) is 0 Å². The van der Waals surface area contributed by atoms with Crippen LogP contribution in [0.4, 0.5) is 10.1 Å². The Labute approximate surface area is 186 Å². The van der Waals surface area contributed by atoms with Gasteiger partial charge in [0.2, 0.25) is 11.1 Å². The lowest BCUT2D eigenvalue weighted by Crippen LogP contribution is -2.19. The predicted octanol–water partition coefficient (Wildman–Crippen LogP) is 4.96. The van der Waals surface area contributed by atoms with Gasteiger partial charge in [-0.1, -0.05) is 24.3 Å². The minimum atomic E-state index is -0.762. The number of aromatic nitrogens is 2. The molecule has 0 bridgehead atoms. The summed E-state index contributed by atoms with van der Waals surface area (Å²) in [5.74, 6) is -0.784. The highest BCUT2D eigenvalue weighted by Gasteiger charge is 2.24. The molecule has 3 aromatic rings. The van der Waals surface area contributed by atoms with Crippen molar-refractivity contribution < 1.29 is 18.7 Å². The predicted molar refractivity (Wildman–Crippen MR) is 117 cm³/mol. The minimum absolute atomic E-state index is 0.144. The molecule has 0 atom stereocenters. The van der Waals surface area contributed by atoms with Crippen molar-refractivity contribution in [2.45, 2.75) is 0 Å². The molecule has 2 aromatic carbocycles. The molecule has 1 amide bonds. The minimum Gasteiger partial charge on any atom is -0.493 e. The van der Waals surface area contributed by atoms with E-state index in [-0.39, 0.29) is 22.8 Å². The molecule has 7 nitrogen and oxygen atoms in total. The fourth-order valence-corrected chi connectivity index (χ4v) is 3.58. The van der Waals surface area contributed by atoms with Gasteiger partial charge in [0.05, 0.1) is 23.9 Å². The number of methoxy groups -OCH3 is 1. The number of amides is 1. The summed E-state index contributed by atoms with van der Waals surface area (Å²) in [6.45, 7) is 0. The number of nitrogens with zero attached hydrogens (tertiary/aromatic N) is 3. The fourth-order valence-electron chi connectivity index (χ4n) is 2.62. The average Bonchev–Trinajstić information content (AvgIpc) is 3.10. The molecule has 1 N–H and O–H groups in total. The van der Waals surface area contributed by atoms with E-state index in [4.69, 9.17) is 21.1 Å². The molecule has 4 rings (SSSR count). The third-order valence-electron chi connectivity index (χ3n) is 4.01. The number of para-hydroxylation sites is 1. The van der Waals surface area contributed by atoms with Crippen molar-refractivity contribution >= 4 is 46.2 Å². The van der Waals surface area contributed by atoms with E-state index in [0.717, 1.165) is 11.9 Å². The van der Waals surface area contributed by atoms with Crippen LogP contribution in [0.5, 0.6) is 17.4 Å².